The summed E-state index contributed by atoms with van der Waals surface area (Å²) in [6.45, 7) is 6.62. The van der Waals surface area contributed by atoms with Crippen LogP contribution in [0.1, 0.15) is 33.3 Å². The first-order valence-electron chi connectivity index (χ1n) is 6.74. The van der Waals surface area contributed by atoms with E-state index >= 15 is 0 Å². The minimum absolute atomic E-state index is 0.0628. The molecular formula is C15H20N2O3S. The first-order valence-corrected chi connectivity index (χ1v) is 8.34. The van der Waals surface area contributed by atoms with Crippen molar-refractivity contribution in [3.8, 4) is 6.07 Å². The Kier molecular flexibility index (Phi) is 5.50. The molecule has 21 heavy (non-hydrogen) atoms. The van der Waals surface area contributed by atoms with E-state index in [1.54, 1.807) is 25.1 Å². The number of rotatable bonds is 5. The van der Waals surface area contributed by atoms with Crippen LogP contribution in [0.4, 0.5) is 5.69 Å². The average molecular weight is 308 g/mol. The first kappa shape index (κ1) is 17.2. The topological polar surface area (TPSA) is 87.0 Å². The van der Waals surface area contributed by atoms with Crippen molar-refractivity contribution in [1.29, 1.82) is 5.26 Å². The second-order valence-corrected chi connectivity index (χ2v) is 7.99. The summed E-state index contributed by atoms with van der Waals surface area (Å²) in [4.78, 5) is 12.1. The molecule has 0 aliphatic carbocycles. The SMILES string of the molecule is CC(C)C(C)S(=O)(=O)C(C)C(=O)Nc1cccc(C#N)c1. The number of hydrogen-bond donors (Lipinski definition) is 1. The molecule has 6 heteroatoms. The van der Waals surface area contributed by atoms with Crippen LogP contribution in [0.2, 0.25) is 0 Å². The number of carbonyl (C=O) groups excluding carboxylic acids is 1. The van der Waals surface area contributed by atoms with E-state index in [-0.39, 0.29) is 5.92 Å². The Bertz CT molecular complexity index is 660. The molecule has 0 heterocycles. The molecular weight excluding hydrogens is 288 g/mol. The number of anilines is 1. The molecule has 0 saturated carbocycles. The van der Waals surface area contributed by atoms with Gasteiger partial charge in [0.1, 0.15) is 5.25 Å². The Morgan fingerprint density at radius 2 is 1.86 bits per heavy atom. The first-order chi connectivity index (χ1) is 9.70. The smallest absolute Gasteiger partial charge is 0.242 e. The van der Waals surface area contributed by atoms with E-state index < -0.39 is 26.2 Å². The Morgan fingerprint density at radius 1 is 1.24 bits per heavy atom. The molecule has 0 radical (unpaired) electrons. The predicted octanol–water partition coefficient (Wildman–Crippen LogP) is 2.34. The van der Waals surface area contributed by atoms with Crippen LogP contribution in [0.25, 0.3) is 0 Å². The minimum Gasteiger partial charge on any atom is -0.325 e. The lowest BCUT2D eigenvalue weighted by Crippen LogP contribution is -2.39. The van der Waals surface area contributed by atoms with Crippen molar-refractivity contribution < 1.29 is 13.2 Å². The Hall–Kier alpha value is -1.87. The molecule has 0 fully saturated rings. The van der Waals surface area contributed by atoms with Crippen LogP contribution in [-0.2, 0) is 14.6 Å². The summed E-state index contributed by atoms with van der Waals surface area (Å²) >= 11 is 0. The highest BCUT2D eigenvalue weighted by atomic mass is 32.2. The summed E-state index contributed by atoms with van der Waals surface area (Å²) in [6, 6.07) is 8.32. The maximum atomic E-state index is 12.3. The van der Waals surface area contributed by atoms with Gasteiger partial charge in [-0.1, -0.05) is 19.9 Å². The predicted molar refractivity (Wildman–Crippen MR) is 82.5 cm³/mol. The highest BCUT2D eigenvalue weighted by molar-refractivity contribution is 7.93. The molecule has 2 unspecified atom stereocenters. The zero-order chi connectivity index (χ0) is 16.2. The molecule has 1 aromatic rings. The molecule has 1 N–H and O–H groups in total. The summed E-state index contributed by atoms with van der Waals surface area (Å²) < 4.78 is 24.6. The van der Waals surface area contributed by atoms with Crippen LogP contribution in [0.5, 0.6) is 0 Å². The highest BCUT2D eigenvalue weighted by Gasteiger charge is 2.34. The summed E-state index contributed by atoms with van der Waals surface area (Å²) in [7, 11) is -3.55. The van der Waals surface area contributed by atoms with Crippen LogP contribution < -0.4 is 5.32 Å². The Labute approximate surface area is 125 Å². The van der Waals surface area contributed by atoms with Crippen LogP contribution in [0, 0.1) is 17.2 Å². The van der Waals surface area contributed by atoms with Crippen LogP contribution in [0.15, 0.2) is 24.3 Å². The average Bonchev–Trinajstić information content (AvgIpc) is 2.45. The monoisotopic (exact) mass is 308 g/mol. The quantitative estimate of drug-likeness (QED) is 0.904. The third kappa shape index (κ3) is 4.05. The lowest BCUT2D eigenvalue weighted by Gasteiger charge is -2.21. The van der Waals surface area contributed by atoms with Gasteiger partial charge in [0.05, 0.1) is 16.9 Å². The van der Waals surface area contributed by atoms with Crippen molar-refractivity contribution in [3.63, 3.8) is 0 Å². The normalized spacial score (nSPS) is 14.3. The lowest BCUT2D eigenvalue weighted by molar-refractivity contribution is -0.115. The van der Waals surface area contributed by atoms with E-state index in [4.69, 9.17) is 5.26 Å². The minimum atomic E-state index is -3.55. The summed E-state index contributed by atoms with van der Waals surface area (Å²) in [5.41, 5.74) is 0.817. The van der Waals surface area contributed by atoms with Crippen molar-refractivity contribution in [2.45, 2.75) is 38.2 Å². The second-order valence-electron chi connectivity index (χ2n) is 5.36. The summed E-state index contributed by atoms with van der Waals surface area (Å²) in [5.74, 6) is -0.648. The molecule has 1 rings (SSSR count). The van der Waals surface area contributed by atoms with Crippen LogP contribution in [-0.4, -0.2) is 24.8 Å². The zero-order valence-corrected chi connectivity index (χ0v) is 13.4. The molecule has 0 spiro atoms. The van der Waals surface area contributed by atoms with E-state index in [1.165, 1.54) is 13.0 Å². The van der Waals surface area contributed by atoms with Crippen molar-refractivity contribution in [2.24, 2.45) is 5.92 Å². The fourth-order valence-corrected chi connectivity index (χ4v) is 3.52. The summed E-state index contributed by atoms with van der Waals surface area (Å²) in [6.07, 6.45) is 0. The molecule has 0 bridgehead atoms. The van der Waals surface area contributed by atoms with Gasteiger partial charge in [-0.15, -0.1) is 0 Å². The van der Waals surface area contributed by atoms with E-state index in [0.29, 0.717) is 11.3 Å². The number of sulfone groups is 1. The molecule has 0 aliphatic heterocycles. The largest absolute Gasteiger partial charge is 0.325 e. The molecule has 1 amide bonds. The van der Waals surface area contributed by atoms with Gasteiger partial charge in [-0.05, 0) is 38.0 Å². The van der Waals surface area contributed by atoms with Gasteiger partial charge in [-0.2, -0.15) is 5.26 Å². The van der Waals surface area contributed by atoms with Crippen molar-refractivity contribution in [2.75, 3.05) is 5.32 Å². The standard InChI is InChI=1S/C15H20N2O3S/c1-10(2)11(3)21(19,20)12(4)15(18)17-14-7-5-6-13(8-14)9-16/h5-8,10-12H,1-4H3,(H,17,18). The van der Waals surface area contributed by atoms with Gasteiger partial charge >= 0.3 is 0 Å². The van der Waals surface area contributed by atoms with Gasteiger partial charge in [0, 0.05) is 5.69 Å². The number of carbonyl (C=O) groups is 1. The third-order valence-corrected chi connectivity index (χ3v) is 6.36. The van der Waals surface area contributed by atoms with Crippen LogP contribution in [0.3, 0.4) is 0 Å². The third-order valence-electron chi connectivity index (χ3n) is 3.58. The fourth-order valence-electron chi connectivity index (χ4n) is 1.76. The van der Waals surface area contributed by atoms with Gasteiger partial charge in [-0.3, -0.25) is 4.79 Å². The van der Waals surface area contributed by atoms with Gasteiger partial charge < -0.3 is 5.32 Å². The number of nitrogens with one attached hydrogen (secondary N) is 1. The molecule has 114 valence electrons. The van der Waals surface area contributed by atoms with E-state index in [1.807, 2.05) is 19.9 Å². The molecule has 2 atom stereocenters. The van der Waals surface area contributed by atoms with Gasteiger partial charge in [0.25, 0.3) is 0 Å². The Balaban J connectivity index is 2.91. The molecule has 0 aromatic heterocycles. The molecule has 1 aromatic carbocycles. The molecule has 5 nitrogen and oxygen atoms in total. The van der Waals surface area contributed by atoms with Gasteiger partial charge in [0.2, 0.25) is 5.91 Å². The van der Waals surface area contributed by atoms with Crippen molar-refractivity contribution in [1.82, 2.24) is 0 Å². The van der Waals surface area contributed by atoms with E-state index in [0.717, 1.165) is 0 Å². The van der Waals surface area contributed by atoms with Crippen molar-refractivity contribution >= 4 is 21.4 Å². The molecule has 0 aliphatic rings. The fraction of sp³-hybridized carbons (Fsp3) is 0.467. The maximum absolute atomic E-state index is 12.3. The summed E-state index contributed by atoms with van der Waals surface area (Å²) in [5, 5.41) is 9.62. The maximum Gasteiger partial charge on any atom is 0.242 e. The van der Waals surface area contributed by atoms with Crippen molar-refractivity contribution in [3.05, 3.63) is 29.8 Å². The van der Waals surface area contributed by atoms with Gasteiger partial charge in [-0.25, -0.2) is 8.42 Å². The second kappa shape index (κ2) is 6.72. The number of benzene rings is 1. The van der Waals surface area contributed by atoms with E-state index in [2.05, 4.69) is 5.32 Å². The number of nitriles is 1. The molecule has 0 saturated heterocycles. The lowest BCUT2D eigenvalue weighted by atomic mass is 10.2. The van der Waals surface area contributed by atoms with Crippen LogP contribution >= 0.6 is 0 Å². The number of hydrogen-bond acceptors (Lipinski definition) is 4. The highest BCUT2D eigenvalue weighted by Crippen LogP contribution is 2.19. The number of amides is 1. The zero-order valence-electron chi connectivity index (χ0n) is 12.6. The Morgan fingerprint density at radius 3 is 2.38 bits per heavy atom. The van der Waals surface area contributed by atoms with E-state index in [9.17, 15) is 13.2 Å². The van der Waals surface area contributed by atoms with Gasteiger partial charge in [0.15, 0.2) is 9.84 Å². The number of nitrogens with zero attached hydrogens (tertiary/aromatic N) is 1.